The molecule has 0 amide bonds. The van der Waals surface area contributed by atoms with Crippen molar-refractivity contribution in [3.63, 3.8) is 0 Å². The Morgan fingerprint density at radius 2 is 1.38 bits per heavy atom. The summed E-state index contributed by atoms with van der Waals surface area (Å²) in [7, 11) is 0. The molecule has 0 saturated carbocycles. The lowest BCUT2D eigenvalue weighted by molar-refractivity contribution is -0.112. The summed E-state index contributed by atoms with van der Waals surface area (Å²) in [6.07, 6.45) is 2.27. The summed E-state index contributed by atoms with van der Waals surface area (Å²) in [5.74, 6) is 0.295. The zero-order valence-corrected chi connectivity index (χ0v) is 16.8. The first-order valence-electron chi connectivity index (χ1n) is 10.0. The van der Waals surface area contributed by atoms with Crippen LogP contribution in [0.4, 0.5) is 17.1 Å². The Balaban J connectivity index is 1.39. The van der Waals surface area contributed by atoms with Gasteiger partial charge in [0.25, 0.3) is 0 Å². The maximum Gasteiger partial charge on any atom is 0.180 e. The molecule has 0 aliphatic carbocycles. The highest BCUT2D eigenvalue weighted by molar-refractivity contribution is 5.87. The number of hydrogen-bond acceptors (Lipinski definition) is 7. The predicted octanol–water partition coefficient (Wildman–Crippen LogP) is 2.72. The van der Waals surface area contributed by atoms with E-state index in [0.29, 0.717) is 5.75 Å². The SMILES string of the molecule is CC(C)N1N=CN(c2ccc(N3CCN(c4ccc(O)cc4)CC3)cc2)C1C=O. The maximum absolute atomic E-state index is 11.6. The van der Waals surface area contributed by atoms with Crippen LogP contribution in [-0.2, 0) is 4.79 Å². The van der Waals surface area contributed by atoms with Gasteiger partial charge < -0.3 is 19.8 Å². The lowest BCUT2D eigenvalue weighted by atomic mass is 10.2. The second-order valence-corrected chi connectivity index (χ2v) is 7.67. The van der Waals surface area contributed by atoms with E-state index in [1.54, 1.807) is 18.5 Å². The summed E-state index contributed by atoms with van der Waals surface area (Å²) in [4.78, 5) is 18.2. The summed E-state index contributed by atoms with van der Waals surface area (Å²) in [6, 6.07) is 15.9. The van der Waals surface area contributed by atoms with E-state index in [1.165, 1.54) is 5.69 Å². The molecule has 7 heteroatoms. The number of aromatic hydroxyl groups is 1. The van der Waals surface area contributed by atoms with Crippen LogP contribution < -0.4 is 14.7 Å². The van der Waals surface area contributed by atoms with Gasteiger partial charge >= 0.3 is 0 Å². The van der Waals surface area contributed by atoms with Crippen molar-refractivity contribution in [3.8, 4) is 5.75 Å². The van der Waals surface area contributed by atoms with Gasteiger partial charge in [0.05, 0.1) is 0 Å². The van der Waals surface area contributed by atoms with E-state index in [0.717, 1.165) is 43.8 Å². The molecule has 2 aliphatic rings. The van der Waals surface area contributed by atoms with E-state index < -0.39 is 6.17 Å². The third-order valence-corrected chi connectivity index (χ3v) is 5.52. The summed E-state index contributed by atoms with van der Waals surface area (Å²) >= 11 is 0. The fraction of sp³-hybridized carbons (Fsp3) is 0.364. The minimum absolute atomic E-state index is 0.163. The summed E-state index contributed by atoms with van der Waals surface area (Å²) in [5, 5.41) is 15.6. The molecule has 7 nitrogen and oxygen atoms in total. The number of rotatable bonds is 5. The number of anilines is 3. The molecule has 1 unspecified atom stereocenters. The minimum atomic E-state index is -0.394. The van der Waals surface area contributed by atoms with Gasteiger partial charge in [-0.3, -0.25) is 9.80 Å². The second kappa shape index (κ2) is 8.03. The van der Waals surface area contributed by atoms with Crippen LogP contribution in [0.15, 0.2) is 53.6 Å². The molecule has 0 aromatic heterocycles. The molecule has 1 saturated heterocycles. The van der Waals surface area contributed by atoms with Gasteiger partial charge in [0.15, 0.2) is 12.5 Å². The molecule has 1 atom stereocenters. The minimum Gasteiger partial charge on any atom is -0.508 e. The van der Waals surface area contributed by atoms with Crippen LogP contribution in [0.25, 0.3) is 0 Å². The monoisotopic (exact) mass is 393 g/mol. The highest BCUT2D eigenvalue weighted by atomic mass is 16.3. The number of hydrazone groups is 1. The smallest absolute Gasteiger partial charge is 0.180 e. The van der Waals surface area contributed by atoms with Crippen LogP contribution in [-0.4, -0.2) is 61.1 Å². The van der Waals surface area contributed by atoms with Crippen LogP contribution in [0.1, 0.15) is 13.8 Å². The predicted molar refractivity (Wildman–Crippen MR) is 117 cm³/mol. The Morgan fingerprint density at radius 1 is 0.897 bits per heavy atom. The molecule has 0 spiro atoms. The molecule has 29 heavy (non-hydrogen) atoms. The van der Waals surface area contributed by atoms with Crippen LogP contribution in [0.2, 0.25) is 0 Å². The molecule has 2 aromatic carbocycles. The number of phenols is 1. The maximum atomic E-state index is 11.6. The standard InChI is InChI=1S/C22H27N5O2/c1-17(2)27-22(15-28)26(16-23-27)20-5-3-18(4-6-20)24-11-13-25(14-12-24)19-7-9-21(29)10-8-19/h3-10,15-17,22,29H,11-14H2,1-2H3. The summed E-state index contributed by atoms with van der Waals surface area (Å²) in [5.41, 5.74) is 3.28. The summed E-state index contributed by atoms with van der Waals surface area (Å²) < 4.78 is 0. The van der Waals surface area contributed by atoms with Gasteiger partial charge in [-0.1, -0.05) is 0 Å². The average Bonchev–Trinajstić information content (AvgIpc) is 3.19. The van der Waals surface area contributed by atoms with Crippen LogP contribution in [0.3, 0.4) is 0 Å². The molecule has 0 radical (unpaired) electrons. The van der Waals surface area contributed by atoms with Crippen molar-refractivity contribution in [1.29, 1.82) is 0 Å². The second-order valence-electron chi connectivity index (χ2n) is 7.67. The van der Waals surface area contributed by atoms with Crippen LogP contribution in [0.5, 0.6) is 5.75 Å². The van der Waals surface area contributed by atoms with Crippen molar-refractivity contribution < 1.29 is 9.90 Å². The molecule has 152 valence electrons. The van der Waals surface area contributed by atoms with E-state index in [1.807, 2.05) is 48.0 Å². The largest absolute Gasteiger partial charge is 0.508 e. The first-order chi connectivity index (χ1) is 14.1. The van der Waals surface area contributed by atoms with Crippen molar-refractivity contribution in [2.75, 3.05) is 40.9 Å². The van der Waals surface area contributed by atoms with Crippen molar-refractivity contribution in [1.82, 2.24) is 5.01 Å². The first kappa shape index (κ1) is 19.1. The first-order valence-corrected chi connectivity index (χ1v) is 10.0. The number of piperazine rings is 1. The molecular formula is C22H27N5O2. The van der Waals surface area contributed by atoms with Gasteiger partial charge in [-0.05, 0) is 62.4 Å². The Labute approximate surface area is 171 Å². The number of aldehydes is 1. The molecule has 1 fully saturated rings. The Hall–Kier alpha value is -3.22. The molecule has 2 aliphatic heterocycles. The zero-order chi connectivity index (χ0) is 20.4. The molecule has 1 N–H and O–H groups in total. The third-order valence-electron chi connectivity index (χ3n) is 5.52. The van der Waals surface area contributed by atoms with E-state index in [-0.39, 0.29) is 6.04 Å². The van der Waals surface area contributed by atoms with Gasteiger partial charge in [0.2, 0.25) is 0 Å². The van der Waals surface area contributed by atoms with Gasteiger partial charge in [-0.2, -0.15) is 5.10 Å². The number of hydrogen-bond donors (Lipinski definition) is 1. The van der Waals surface area contributed by atoms with Gasteiger partial charge in [0.1, 0.15) is 12.1 Å². The molecule has 2 aromatic rings. The average molecular weight is 393 g/mol. The fourth-order valence-electron chi connectivity index (χ4n) is 3.89. The highest BCUT2D eigenvalue weighted by Crippen LogP contribution is 2.27. The third kappa shape index (κ3) is 3.85. The topological polar surface area (TPSA) is 62.6 Å². The molecule has 0 bridgehead atoms. The molecule has 4 rings (SSSR count). The Morgan fingerprint density at radius 3 is 1.86 bits per heavy atom. The van der Waals surface area contributed by atoms with E-state index in [9.17, 15) is 9.90 Å². The Kier molecular flexibility index (Phi) is 5.29. The van der Waals surface area contributed by atoms with Crippen molar-refractivity contribution >= 4 is 29.7 Å². The number of nitrogens with zero attached hydrogens (tertiary/aromatic N) is 5. The van der Waals surface area contributed by atoms with E-state index in [2.05, 4.69) is 27.0 Å². The van der Waals surface area contributed by atoms with Crippen LogP contribution in [0, 0.1) is 0 Å². The van der Waals surface area contributed by atoms with Gasteiger partial charge in [-0.15, -0.1) is 0 Å². The number of benzene rings is 2. The normalized spacial score (nSPS) is 19.3. The quantitative estimate of drug-likeness (QED) is 0.788. The van der Waals surface area contributed by atoms with Gasteiger partial charge in [0, 0.05) is 49.3 Å². The highest BCUT2D eigenvalue weighted by Gasteiger charge is 2.30. The van der Waals surface area contributed by atoms with Gasteiger partial charge in [-0.25, -0.2) is 0 Å². The lowest BCUT2D eigenvalue weighted by Gasteiger charge is -2.37. The number of carbonyl (C=O) groups is 1. The summed E-state index contributed by atoms with van der Waals surface area (Å²) in [6.45, 7) is 7.78. The van der Waals surface area contributed by atoms with Crippen LogP contribution >= 0.6 is 0 Å². The number of phenolic OH excluding ortho intramolecular Hbond substituents is 1. The number of carbonyl (C=O) groups excluding carboxylic acids is 1. The molecular weight excluding hydrogens is 366 g/mol. The zero-order valence-electron chi connectivity index (χ0n) is 16.8. The van der Waals surface area contributed by atoms with E-state index in [4.69, 9.17) is 0 Å². The lowest BCUT2D eigenvalue weighted by Crippen LogP contribution is -2.46. The van der Waals surface area contributed by atoms with Crippen molar-refractivity contribution in [2.45, 2.75) is 26.1 Å². The van der Waals surface area contributed by atoms with Crippen molar-refractivity contribution in [2.24, 2.45) is 5.10 Å². The molecule has 2 heterocycles. The fourth-order valence-corrected chi connectivity index (χ4v) is 3.89. The van der Waals surface area contributed by atoms with Crippen molar-refractivity contribution in [3.05, 3.63) is 48.5 Å². The van der Waals surface area contributed by atoms with E-state index >= 15 is 0 Å². The Bertz CT molecular complexity index is 858.